The Balaban J connectivity index is 1.92. The minimum Gasteiger partial charge on any atom is -0.365 e. The Kier molecular flexibility index (Phi) is 6.62. The molecule has 2 heteroatoms. The van der Waals surface area contributed by atoms with Gasteiger partial charge in [-0.1, -0.05) is 100 Å². The molecule has 2 nitrogen and oxygen atoms in total. The van der Waals surface area contributed by atoms with Crippen molar-refractivity contribution in [2.75, 3.05) is 0 Å². The van der Waals surface area contributed by atoms with Gasteiger partial charge in [-0.2, -0.15) is 0 Å². The van der Waals surface area contributed by atoms with Crippen molar-refractivity contribution in [3.05, 3.63) is 71.8 Å². The Labute approximate surface area is 170 Å². The van der Waals surface area contributed by atoms with Crippen molar-refractivity contribution < 1.29 is 10.2 Å². The zero-order valence-corrected chi connectivity index (χ0v) is 17.5. The van der Waals surface area contributed by atoms with E-state index in [0.717, 1.165) is 51.4 Å². The molecule has 3 rings (SSSR count). The molecular formula is C26H36O2. The van der Waals surface area contributed by atoms with Crippen molar-refractivity contribution in [3.8, 4) is 0 Å². The molecule has 2 aromatic rings. The van der Waals surface area contributed by atoms with Crippen LogP contribution in [0.2, 0.25) is 0 Å². The van der Waals surface area contributed by atoms with E-state index in [1.165, 1.54) is 11.1 Å². The van der Waals surface area contributed by atoms with E-state index in [4.69, 9.17) is 0 Å². The molecule has 1 saturated carbocycles. The van der Waals surface area contributed by atoms with Gasteiger partial charge in [0, 0.05) is 17.3 Å². The lowest BCUT2D eigenvalue weighted by molar-refractivity contribution is -0.240. The Morgan fingerprint density at radius 2 is 1.00 bits per heavy atom. The van der Waals surface area contributed by atoms with Crippen LogP contribution in [0.15, 0.2) is 60.7 Å². The van der Waals surface area contributed by atoms with Crippen molar-refractivity contribution in [2.24, 2.45) is 5.41 Å². The molecule has 0 saturated heterocycles. The fourth-order valence-corrected chi connectivity index (χ4v) is 4.89. The number of rotatable bonds is 2. The second kappa shape index (κ2) is 8.80. The van der Waals surface area contributed by atoms with Gasteiger partial charge in [0.05, 0.1) is 0 Å². The van der Waals surface area contributed by atoms with Gasteiger partial charge in [-0.3, -0.25) is 0 Å². The van der Waals surface area contributed by atoms with Gasteiger partial charge in [-0.25, -0.2) is 0 Å². The molecule has 0 amide bonds. The van der Waals surface area contributed by atoms with E-state index in [1.807, 2.05) is 13.8 Å². The summed E-state index contributed by atoms with van der Waals surface area (Å²) in [7, 11) is 0. The van der Waals surface area contributed by atoms with E-state index in [1.54, 1.807) is 0 Å². The minimum absolute atomic E-state index is 0.00477. The highest BCUT2D eigenvalue weighted by Gasteiger charge is 2.41. The van der Waals surface area contributed by atoms with Crippen LogP contribution in [-0.2, 0) is 5.41 Å². The molecule has 2 N–H and O–H groups in total. The third kappa shape index (κ3) is 4.50. The van der Waals surface area contributed by atoms with Crippen LogP contribution in [0.25, 0.3) is 0 Å². The SMILES string of the molecule is CC1(C)CCCCCC(c2ccccc2)(c2ccccc2)CCCCC1(O)O. The first-order chi connectivity index (χ1) is 13.4. The largest absolute Gasteiger partial charge is 0.365 e. The van der Waals surface area contributed by atoms with Gasteiger partial charge < -0.3 is 10.2 Å². The molecule has 0 aromatic heterocycles. The van der Waals surface area contributed by atoms with Crippen LogP contribution >= 0.6 is 0 Å². The van der Waals surface area contributed by atoms with Gasteiger partial charge in [0.25, 0.3) is 0 Å². The lowest BCUT2D eigenvalue weighted by Gasteiger charge is -2.40. The molecule has 0 radical (unpaired) electrons. The number of benzene rings is 2. The van der Waals surface area contributed by atoms with Crippen LogP contribution in [0, 0.1) is 5.41 Å². The van der Waals surface area contributed by atoms with Crippen LogP contribution in [0.4, 0.5) is 0 Å². The summed E-state index contributed by atoms with van der Waals surface area (Å²) in [5.41, 5.74) is 2.32. The second-order valence-electron chi connectivity index (χ2n) is 9.28. The molecule has 152 valence electrons. The molecule has 0 bridgehead atoms. The molecule has 0 spiro atoms. The van der Waals surface area contributed by atoms with Crippen molar-refractivity contribution in [1.82, 2.24) is 0 Å². The quantitative estimate of drug-likeness (QED) is 0.609. The lowest BCUT2D eigenvalue weighted by atomic mass is 9.67. The molecule has 1 fully saturated rings. The molecule has 1 aliphatic carbocycles. The molecular weight excluding hydrogens is 344 g/mol. The smallest absolute Gasteiger partial charge is 0.167 e. The van der Waals surface area contributed by atoms with E-state index in [0.29, 0.717) is 6.42 Å². The van der Waals surface area contributed by atoms with Crippen LogP contribution in [0.1, 0.15) is 82.8 Å². The number of hydrogen-bond donors (Lipinski definition) is 2. The maximum absolute atomic E-state index is 10.7. The Morgan fingerprint density at radius 3 is 1.54 bits per heavy atom. The highest BCUT2D eigenvalue weighted by atomic mass is 16.5. The van der Waals surface area contributed by atoms with Gasteiger partial charge >= 0.3 is 0 Å². The van der Waals surface area contributed by atoms with Crippen molar-refractivity contribution in [1.29, 1.82) is 0 Å². The zero-order valence-electron chi connectivity index (χ0n) is 17.5. The average Bonchev–Trinajstić information content (AvgIpc) is 2.70. The van der Waals surface area contributed by atoms with Crippen LogP contribution < -0.4 is 0 Å². The van der Waals surface area contributed by atoms with Gasteiger partial charge in [0.1, 0.15) is 0 Å². The first-order valence-electron chi connectivity index (χ1n) is 10.9. The van der Waals surface area contributed by atoms with E-state index in [-0.39, 0.29) is 5.41 Å². The molecule has 28 heavy (non-hydrogen) atoms. The van der Waals surface area contributed by atoms with Crippen molar-refractivity contribution >= 4 is 0 Å². The molecule has 0 heterocycles. The molecule has 2 aromatic carbocycles. The molecule has 1 aliphatic rings. The van der Waals surface area contributed by atoms with Crippen LogP contribution in [-0.4, -0.2) is 16.0 Å². The summed E-state index contributed by atoms with van der Waals surface area (Å²) < 4.78 is 0. The second-order valence-corrected chi connectivity index (χ2v) is 9.28. The summed E-state index contributed by atoms with van der Waals surface area (Å²) in [6.07, 6.45) is 8.62. The third-order valence-electron chi connectivity index (χ3n) is 7.02. The first kappa shape index (κ1) is 21.1. The lowest BCUT2D eigenvalue weighted by Crippen LogP contribution is -2.44. The summed E-state index contributed by atoms with van der Waals surface area (Å²) in [5.74, 6) is -1.59. The number of aliphatic hydroxyl groups is 2. The third-order valence-corrected chi connectivity index (χ3v) is 7.02. The van der Waals surface area contributed by atoms with Gasteiger partial charge in [0.2, 0.25) is 0 Å². The van der Waals surface area contributed by atoms with E-state index >= 15 is 0 Å². The highest BCUT2D eigenvalue weighted by Crippen LogP contribution is 2.44. The fourth-order valence-electron chi connectivity index (χ4n) is 4.89. The summed E-state index contributed by atoms with van der Waals surface area (Å²) in [6, 6.07) is 21.8. The summed E-state index contributed by atoms with van der Waals surface area (Å²) >= 11 is 0. The Hall–Kier alpha value is -1.64. The highest BCUT2D eigenvalue weighted by molar-refractivity contribution is 5.39. The Morgan fingerprint density at radius 1 is 0.571 bits per heavy atom. The van der Waals surface area contributed by atoms with Gasteiger partial charge in [-0.15, -0.1) is 0 Å². The molecule has 0 aliphatic heterocycles. The summed E-state index contributed by atoms with van der Waals surface area (Å²) in [6.45, 7) is 3.99. The van der Waals surface area contributed by atoms with Crippen LogP contribution in [0.3, 0.4) is 0 Å². The van der Waals surface area contributed by atoms with Crippen molar-refractivity contribution in [2.45, 2.75) is 82.8 Å². The average molecular weight is 381 g/mol. The monoisotopic (exact) mass is 380 g/mol. The summed E-state index contributed by atoms with van der Waals surface area (Å²) in [5, 5.41) is 21.4. The van der Waals surface area contributed by atoms with Crippen molar-refractivity contribution in [3.63, 3.8) is 0 Å². The zero-order chi connectivity index (χ0) is 20.1. The van der Waals surface area contributed by atoms with Gasteiger partial charge in [-0.05, 0) is 36.8 Å². The normalized spacial score (nSPS) is 22.6. The topological polar surface area (TPSA) is 40.5 Å². The standard InChI is InChI=1S/C26H36O2/c1-24(2)18-10-5-11-19-25(22-14-6-3-7-15-22,23-16-8-4-9-17-23)20-12-13-21-26(24,27)28/h3-4,6-9,14-17,27-28H,5,10-13,18-21H2,1-2H3. The maximum Gasteiger partial charge on any atom is 0.167 e. The van der Waals surface area contributed by atoms with Crippen LogP contribution in [0.5, 0.6) is 0 Å². The number of hydrogen-bond acceptors (Lipinski definition) is 2. The molecule has 0 atom stereocenters. The Bertz CT molecular complexity index is 679. The van der Waals surface area contributed by atoms with E-state index in [2.05, 4.69) is 60.7 Å². The predicted molar refractivity (Wildman–Crippen MR) is 116 cm³/mol. The first-order valence-corrected chi connectivity index (χ1v) is 10.9. The minimum atomic E-state index is -1.59. The van der Waals surface area contributed by atoms with Gasteiger partial charge in [0.15, 0.2) is 5.79 Å². The van der Waals surface area contributed by atoms with E-state index < -0.39 is 11.2 Å². The molecule has 0 unspecified atom stereocenters. The summed E-state index contributed by atoms with van der Waals surface area (Å²) in [4.78, 5) is 0. The predicted octanol–water partition coefficient (Wildman–Crippen LogP) is 6.20. The van der Waals surface area contributed by atoms with E-state index in [9.17, 15) is 10.2 Å². The maximum atomic E-state index is 10.7. The fraction of sp³-hybridized carbons (Fsp3) is 0.538.